The summed E-state index contributed by atoms with van der Waals surface area (Å²) in [7, 11) is 3.17. The summed E-state index contributed by atoms with van der Waals surface area (Å²) >= 11 is 0. The summed E-state index contributed by atoms with van der Waals surface area (Å²) in [6.45, 7) is 0.366. The van der Waals surface area contributed by atoms with Crippen LogP contribution in [-0.4, -0.2) is 39.7 Å². The van der Waals surface area contributed by atoms with Gasteiger partial charge in [-0.05, 0) is 37.5 Å². The lowest BCUT2D eigenvalue weighted by molar-refractivity contribution is 0.102. The number of amides is 1. The second-order valence-electron chi connectivity index (χ2n) is 7.97. The average molecular weight is 461 g/mol. The number of methoxy groups -OCH3 is 2. The molecule has 2 aromatic heterocycles. The van der Waals surface area contributed by atoms with Gasteiger partial charge in [0.1, 0.15) is 17.3 Å². The fraction of sp³-hybridized carbons (Fsp3) is 0.240. The molecule has 0 saturated carbocycles. The van der Waals surface area contributed by atoms with Crippen molar-refractivity contribution in [3.8, 4) is 17.2 Å². The maximum absolute atomic E-state index is 14.4. The van der Waals surface area contributed by atoms with Crippen LogP contribution < -0.4 is 14.8 Å². The number of halogens is 1. The third kappa shape index (κ3) is 3.79. The summed E-state index contributed by atoms with van der Waals surface area (Å²) in [6, 6.07) is 13.8. The first-order valence-corrected chi connectivity index (χ1v) is 11.0. The number of hydrogen-bond acceptors (Lipinski definition) is 5. The highest BCUT2D eigenvalue weighted by Gasteiger charge is 2.28. The zero-order valence-electron chi connectivity index (χ0n) is 18.9. The lowest BCUT2D eigenvalue weighted by Gasteiger charge is -2.14. The van der Waals surface area contributed by atoms with Gasteiger partial charge in [-0.1, -0.05) is 24.3 Å². The van der Waals surface area contributed by atoms with E-state index in [4.69, 9.17) is 9.47 Å². The van der Waals surface area contributed by atoms with Crippen LogP contribution in [0.1, 0.15) is 33.7 Å². The molecule has 0 bridgehead atoms. The molecule has 174 valence electrons. The molecule has 0 saturated heterocycles. The number of nitrogens with zero attached hydrogens (tertiary/aromatic N) is 4. The van der Waals surface area contributed by atoms with Crippen LogP contribution in [0.2, 0.25) is 0 Å². The van der Waals surface area contributed by atoms with Gasteiger partial charge in [-0.15, -0.1) is 0 Å². The lowest BCUT2D eigenvalue weighted by Crippen LogP contribution is -2.18. The van der Waals surface area contributed by atoms with E-state index in [9.17, 15) is 9.18 Å². The first-order chi connectivity index (χ1) is 16.6. The van der Waals surface area contributed by atoms with Crippen molar-refractivity contribution in [2.24, 2.45) is 0 Å². The number of ether oxygens (including phenoxy) is 2. The number of fused-ring (bicyclic) bond motifs is 1. The van der Waals surface area contributed by atoms with E-state index in [1.807, 2.05) is 18.2 Å². The molecule has 1 N–H and O–H groups in total. The molecule has 0 aliphatic heterocycles. The van der Waals surface area contributed by atoms with Gasteiger partial charge in [-0.3, -0.25) is 4.79 Å². The first kappa shape index (κ1) is 21.7. The Morgan fingerprint density at radius 1 is 1.09 bits per heavy atom. The fourth-order valence-corrected chi connectivity index (χ4v) is 4.42. The molecule has 1 aliphatic rings. The molecule has 4 aromatic rings. The summed E-state index contributed by atoms with van der Waals surface area (Å²) in [5, 5.41) is 11.8. The second-order valence-corrected chi connectivity index (χ2v) is 7.97. The molecule has 2 heterocycles. The minimum absolute atomic E-state index is 0.308. The molecule has 9 heteroatoms. The van der Waals surface area contributed by atoms with Crippen molar-refractivity contribution in [2.45, 2.75) is 25.8 Å². The molecular weight excluding hydrogens is 437 g/mol. The van der Waals surface area contributed by atoms with E-state index in [1.165, 1.54) is 6.07 Å². The van der Waals surface area contributed by atoms with Gasteiger partial charge in [0.05, 0.1) is 27.0 Å². The number of nitrogens with one attached hydrogen (secondary N) is 1. The van der Waals surface area contributed by atoms with Gasteiger partial charge in [0.15, 0.2) is 17.2 Å². The summed E-state index contributed by atoms with van der Waals surface area (Å²) in [5.74, 6) is 1.01. The Labute approximate surface area is 195 Å². The normalized spacial score (nSPS) is 12.4. The Hall–Kier alpha value is -4.14. The number of anilines is 1. The van der Waals surface area contributed by atoms with Crippen LogP contribution in [0.25, 0.3) is 5.69 Å². The number of aromatic nitrogens is 4. The zero-order chi connectivity index (χ0) is 23.7. The molecule has 1 amide bonds. The van der Waals surface area contributed by atoms with Crippen LogP contribution in [0, 0.1) is 5.82 Å². The van der Waals surface area contributed by atoms with Gasteiger partial charge >= 0.3 is 0 Å². The number of para-hydroxylation sites is 2. The molecule has 5 rings (SSSR count). The van der Waals surface area contributed by atoms with Crippen LogP contribution in [0.15, 0.2) is 54.7 Å². The topological polar surface area (TPSA) is 83.2 Å². The van der Waals surface area contributed by atoms with Crippen LogP contribution in [0.3, 0.4) is 0 Å². The molecule has 34 heavy (non-hydrogen) atoms. The molecule has 1 aliphatic carbocycles. The van der Waals surface area contributed by atoms with Crippen molar-refractivity contribution in [3.05, 3.63) is 83.1 Å². The Kier molecular flexibility index (Phi) is 5.75. The predicted octanol–water partition coefficient (Wildman–Crippen LogP) is 4.01. The second kappa shape index (κ2) is 9.01. The van der Waals surface area contributed by atoms with E-state index >= 15 is 0 Å². The van der Waals surface area contributed by atoms with E-state index < -0.39 is 0 Å². The predicted molar refractivity (Wildman–Crippen MR) is 124 cm³/mol. The summed E-state index contributed by atoms with van der Waals surface area (Å²) in [4.78, 5) is 13.3. The van der Waals surface area contributed by atoms with E-state index in [1.54, 1.807) is 54.0 Å². The van der Waals surface area contributed by atoms with Gasteiger partial charge in [0.25, 0.3) is 5.91 Å². The zero-order valence-corrected chi connectivity index (χ0v) is 18.9. The Morgan fingerprint density at radius 2 is 1.94 bits per heavy atom. The van der Waals surface area contributed by atoms with Gasteiger partial charge in [-0.2, -0.15) is 10.2 Å². The quantitative estimate of drug-likeness (QED) is 0.450. The Bertz CT molecular complexity index is 1360. The molecule has 0 fully saturated rings. The molecule has 0 radical (unpaired) electrons. The molecule has 8 nitrogen and oxygen atoms in total. The van der Waals surface area contributed by atoms with E-state index in [0.717, 1.165) is 36.1 Å². The molecule has 0 spiro atoms. The number of rotatable bonds is 7. The van der Waals surface area contributed by atoms with Gasteiger partial charge in [-0.25, -0.2) is 13.8 Å². The summed E-state index contributed by atoms with van der Waals surface area (Å²) in [5.41, 5.74) is 3.24. The molecule has 2 aromatic carbocycles. The van der Waals surface area contributed by atoms with Crippen LogP contribution >= 0.6 is 0 Å². The van der Waals surface area contributed by atoms with Gasteiger partial charge in [0.2, 0.25) is 0 Å². The number of hydrogen-bond donors (Lipinski definition) is 1. The molecular formula is C25H24FN5O3. The highest BCUT2D eigenvalue weighted by Crippen LogP contribution is 2.32. The van der Waals surface area contributed by atoms with Crippen LogP contribution in [0.5, 0.6) is 11.5 Å². The highest BCUT2D eigenvalue weighted by molar-refractivity contribution is 6.03. The van der Waals surface area contributed by atoms with Crippen molar-refractivity contribution < 1.29 is 18.7 Å². The standard InChI is InChI=1S/C25H24FN5O3/c1-33-21-12-5-7-16(24(21)34-2)15-30-22(13-14-27-30)28-25(32)23-17-8-6-11-19(17)31(29-23)20-10-4-3-9-18(20)26/h3-5,7,9-10,12-14H,6,8,11,15H2,1-2H3,(H,28,32). The van der Waals surface area contributed by atoms with E-state index in [0.29, 0.717) is 35.2 Å². The maximum atomic E-state index is 14.4. The van der Waals surface area contributed by atoms with E-state index in [-0.39, 0.29) is 11.7 Å². The van der Waals surface area contributed by atoms with Crippen LogP contribution in [0.4, 0.5) is 10.2 Å². The Balaban J connectivity index is 1.43. The maximum Gasteiger partial charge on any atom is 0.277 e. The number of carbonyl (C=O) groups excluding carboxylic acids is 1. The largest absolute Gasteiger partial charge is 0.493 e. The number of carbonyl (C=O) groups is 1. The molecule has 0 unspecified atom stereocenters. The van der Waals surface area contributed by atoms with Gasteiger partial charge < -0.3 is 14.8 Å². The SMILES string of the molecule is COc1cccc(Cn2nccc2NC(=O)c2nn(-c3ccccc3F)c3c2CCC3)c1OC. The minimum atomic E-state index is -0.378. The highest BCUT2D eigenvalue weighted by atomic mass is 19.1. The monoisotopic (exact) mass is 461 g/mol. The summed E-state index contributed by atoms with van der Waals surface area (Å²) < 4.78 is 28.6. The third-order valence-corrected chi connectivity index (χ3v) is 5.99. The van der Waals surface area contributed by atoms with Crippen molar-refractivity contribution in [1.82, 2.24) is 19.6 Å². The van der Waals surface area contributed by atoms with Crippen molar-refractivity contribution in [3.63, 3.8) is 0 Å². The van der Waals surface area contributed by atoms with Crippen LogP contribution in [-0.2, 0) is 19.4 Å². The minimum Gasteiger partial charge on any atom is -0.493 e. The van der Waals surface area contributed by atoms with Crippen molar-refractivity contribution in [1.29, 1.82) is 0 Å². The van der Waals surface area contributed by atoms with Gasteiger partial charge in [0, 0.05) is 22.9 Å². The molecule has 0 atom stereocenters. The third-order valence-electron chi connectivity index (χ3n) is 5.99. The van der Waals surface area contributed by atoms with Crippen molar-refractivity contribution >= 4 is 11.7 Å². The van der Waals surface area contributed by atoms with Crippen molar-refractivity contribution in [2.75, 3.05) is 19.5 Å². The fourth-order valence-electron chi connectivity index (χ4n) is 4.42. The average Bonchev–Trinajstić information content (AvgIpc) is 3.57. The van der Waals surface area contributed by atoms with E-state index in [2.05, 4.69) is 15.5 Å². The Morgan fingerprint density at radius 3 is 2.74 bits per heavy atom. The first-order valence-electron chi connectivity index (χ1n) is 11.0. The number of benzene rings is 2. The summed E-state index contributed by atoms with van der Waals surface area (Å²) in [6.07, 6.45) is 3.99. The smallest absolute Gasteiger partial charge is 0.277 e. The lowest BCUT2D eigenvalue weighted by atomic mass is 10.2.